The van der Waals surface area contributed by atoms with Gasteiger partial charge in [0.05, 0.1) is 6.54 Å². The van der Waals surface area contributed by atoms with Gasteiger partial charge >= 0.3 is 0 Å². The summed E-state index contributed by atoms with van der Waals surface area (Å²) in [7, 11) is 1.78. The molecule has 1 aliphatic rings. The van der Waals surface area contributed by atoms with E-state index in [1.54, 1.807) is 11.9 Å². The summed E-state index contributed by atoms with van der Waals surface area (Å²) < 4.78 is 5.50. The number of rotatable bonds is 2. The van der Waals surface area contributed by atoms with Crippen LogP contribution in [0.15, 0.2) is 24.3 Å². The van der Waals surface area contributed by atoms with E-state index in [2.05, 4.69) is 0 Å². The molecule has 2 rings (SSSR count). The molecule has 1 aliphatic heterocycles. The lowest BCUT2D eigenvalue weighted by molar-refractivity contribution is -0.150. The van der Waals surface area contributed by atoms with Gasteiger partial charge < -0.3 is 9.64 Å². The van der Waals surface area contributed by atoms with E-state index in [1.165, 1.54) is 5.56 Å². The summed E-state index contributed by atoms with van der Waals surface area (Å²) in [5.74, 6) is 0.827. The molecule has 1 amide bonds. The molecule has 1 unspecified atom stereocenters. The van der Waals surface area contributed by atoms with Crippen molar-refractivity contribution in [3.8, 4) is 5.75 Å². The van der Waals surface area contributed by atoms with Crippen molar-refractivity contribution in [2.24, 2.45) is 0 Å². The number of likely N-dealkylation sites (N-methyl/N-ethyl adjacent to an activating group) is 1. The molecule has 14 heavy (non-hydrogen) atoms. The Morgan fingerprint density at radius 1 is 1.36 bits per heavy atom. The van der Waals surface area contributed by atoms with Gasteiger partial charge in [-0.25, -0.2) is 0 Å². The Labute approximate surface area is 83.3 Å². The highest BCUT2D eigenvalue weighted by molar-refractivity contribution is 5.86. The van der Waals surface area contributed by atoms with Crippen molar-refractivity contribution in [3.63, 3.8) is 0 Å². The minimum atomic E-state index is -0.275. The molecule has 3 heteroatoms. The molecule has 0 aromatic heterocycles. The number of benzene rings is 1. The molecule has 1 atom stereocenters. The Bertz CT molecular complexity index is 345. The van der Waals surface area contributed by atoms with E-state index in [4.69, 9.17) is 4.74 Å². The third-order valence-corrected chi connectivity index (χ3v) is 2.39. The molecular formula is C11H13NO2. The first-order valence-corrected chi connectivity index (χ1v) is 4.65. The second-order valence-corrected chi connectivity index (χ2v) is 3.64. The Morgan fingerprint density at radius 2 is 2.00 bits per heavy atom. The molecule has 0 saturated carbocycles. The molecule has 1 aromatic carbocycles. The Hall–Kier alpha value is -1.51. The highest BCUT2D eigenvalue weighted by Gasteiger charge is 2.35. The molecule has 0 spiro atoms. The minimum Gasteiger partial charge on any atom is -0.479 e. The van der Waals surface area contributed by atoms with E-state index in [9.17, 15) is 4.79 Å². The molecule has 1 aromatic rings. The molecule has 0 N–H and O–H groups in total. The smallest absolute Gasteiger partial charge is 0.265 e. The Balaban J connectivity index is 1.99. The first-order valence-electron chi connectivity index (χ1n) is 4.65. The summed E-state index contributed by atoms with van der Waals surface area (Å²) >= 11 is 0. The average Bonchev–Trinajstić information content (AvgIpc) is 2.20. The van der Waals surface area contributed by atoms with E-state index in [0.29, 0.717) is 6.54 Å². The zero-order valence-electron chi connectivity index (χ0n) is 8.36. The standard InChI is InChI=1S/C11H13NO2/c1-8-3-5-9(6-4-8)14-10-7-12(2)11(10)13/h3-6,10H,7H2,1-2H3. The van der Waals surface area contributed by atoms with Gasteiger partial charge in [0.15, 0.2) is 6.10 Å². The number of hydrogen-bond donors (Lipinski definition) is 0. The van der Waals surface area contributed by atoms with Crippen molar-refractivity contribution >= 4 is 5.91 Å². The van der Waals surface area contributed by atoms with E-state index in [0.717, 1.165) is 5.75 Å². The van der Waals surface area contributed by atoms with Gasteiger partial charge in [-0.3, -0.25) is 4.79 Å². The van der Waals surface area contributed by atoms with Gasteiger partial charge in [-0.15, -0.1) is 0 Å². The van der Waals surface area contributed by atoms with Crippen molar-refractivity contribution in [3.05, 3.63) is 29.8 Å². The maximum absolute atomic E-state index is 11.2. The van der Waals surface area contributed by atoms with Crippen molar-refractivity contribution < 1.29 is 9.53 Å². The molecular weight excluding hydrogens is 178 g/mol. The summed E-state index contributed by atoms with van der Waals surface area (Å²) in [6, 6.07) is 7.73. The molecule has 0 aliphatic carbocycles. The lowest BCUT2D eigenvalue weighted by Crippen LogP contribution is -2.56. The van der Waals surface area contributed by atoms with Crippen LogP contribution in [0.5, 0.6) is 5.75 Å². The first-order chi connectivity index (χ1) is 6.66. The van der Waals surface area contributed by atoms with Crippen LogP contribution in [0.3, 0.4) is 0 Å². The van der Waals surface area contributed by atoms with Crippen molar-refractivity contribution in [1.82, 2.24) is 4.90 Å². The zero-order valence-corrected chi connectivity index (χ0v) is 8.36. The third kappa shape index (κ3) is 1.58. The predicted octanol–water partition coefficient (Wildman–Crippen LogP) is 1.21. The van der Waals surface area contributed by atoms with E-state index in [-0.39, 0.29) is 12.0 Å². The van der Waals surface area contributed by atoms with Crippen molar-refractivity contribution in [2.75, 3.05) is 13.6 Å². The summed E-state index contributed by atoms with van der Waals surface area (Å²) in [4.78, 5) is 12.9. The fraction of sp³-hybridized carbons (Fsp3) is 0.364. The van der Waals surface area contributed by atoms with Gasteiger partial charge in [-0.2, -0.15) is 0 Å². The van der Waals surface area contributed by atoms with Crippen LogP contribution in [0.25, 0.3) is 0 Å². The largest absolute Gasteiger partial charge is 0.479 e. The second-order valence-electron chi connectivity index (χ2n) is 3.64. The second kappa shape index (κ2) is 3.33. The first kappa shape index (κ1) is 9.06. The van der Waals surface area contributed by atoms with Gasteiger partial charge in [0.25, 0.3) is 5.91 Å². The number of carbonyl (C=O) groups is 1. The van der Waals surface area contributed by atoms with Gasteiger partial charge in [0, 0.05) is 7.05 Å². The highest BCUT2D eigenvalue weighted by atomic mass is 16.5. The number of carbonyl (C=O) groups excluding carboxylic acids is 1. The fourth-order valence-electron chi connectivity index (χ4n) is 1.42. The molecule has 74 valence electrons. The lowest BCUT2D eigenvalue weighted by atomic mass is 10.1. The molecule has 1 fully saturated rings. The van der Waals surface area contributed by atoms with Gasteiger partial charge in [-0.1, -0.05) is 17.7 Å². The Kier molecular flexibility index (Phi) is 2.15. The summed E-state index contributed by atoms with van der Waals surface area (Å²) in [6.07, 6.45) is -0.275. The van der Waals surface area contributed by atoms with Crippen LogP contribution in [0, 0.1) is 6.92 Å². The van der Waals surface area contributed by atoms with Crippen LogP contribution in [0.4, 0.5) is 0 Å². The van der Waals surface area contributed by atoms with Crippen LogP contribution in [-0.2, 0) is 4.79 Å². The van der Waals surface area contributed by atoms with E-state index in [1.807, 2.05) is 31.2 Å². The normalized spacial score (nSPS) is 20.6. The van der Waals surface area contributed by atoms with Gasteiger partial charge in [-0.05, 0) is 19.1 Å². The predicted molar refractivity (Wildman–Crippen MR) is 53.2 cm³/mol. The van der Waals surface area contributed by atoms with Gasteiger partial charge in [0.2, 0.25) is 0 Å². The number of ether oxygens (including phenoxy) is 1. The fourth-order valence-corrected chi connectivity index (χ4v) is 1.42. The molecule has 0 radical (unpaired) electrons. The topological polar surface area (TPSA) is 29.5 Å². The summed E-state index contributed by atoms with van der Waals surface area (Å²) in [5, 5.41) is 0. The maximum Gasteiger partial charge on any atom is 0.265 e. The van der Waals surface area contributed by atoms with Crippen molar-refractivity contribution in [1.29, 1.82) is 0 Å². The maximum atomic E-state index is 11.2. The summed E-state index contributed by atoms with van der Waals surface area (Å²) in [5.41, 5.74) is 1.19. The number of aryl methyl sites for hydroxylation is 1. The average molecular weight is 191 g/mol. The SMILES string of the molecule is Cc1ccc(OC2CN(C)C2=O)cc1. The third-order valence-electron chi connectivity index (χ3n) is 2.39. The van der Waals surface area contributed by atoms with Crippen LogP contribution < -0.4 is 4.74 Å². The zero-order chi connectivity index (χ0) is 10.1. The molecule has 1 saturated heterocycles. The summed E-state index contributed by atoms with van der Waals surface area (Å²) in [6.45, 7) is 2.71. The van der Waals surface area contributed by atoms with E-state index < -0.39 is 0 Å². The number of hydrogen-bond acceptors (Lipinski definition) is 2. The number of nitrogens with zero attached hydrogens (tertiary/aromatic N) is 1. The molecule has 3 nitrogen and oxygen atoms in total. The Morgan fingerprint density at radius 3 is 2.50 bits per heavy atom. The van der Waals surface area contributed by atoms with Crippen LogP contribution in [0.2, 0.25) is 0 Å². The number of β-lactam (4-membered cyclic amide) rings is 1. The highest BCUT2D eigenvalue weighted by Crippen LogP contribution is 2.18. The quantitative estimate of drug-likeness (QED) is 0.658. The van der Waals surface area contributed by atoms with Crippen LogP contribution >= 0.6 is 0 Å². The van der Waals surface area contributed by atoms with Crippen molar-refractivity contribution in [2.45, 2.75) is 13.0 Å². The monoisotopic (exact) mass is 191 g/mol. The molecule has 1 heterocycles. The number of likely N-dealkylation sites (tertiary alicyclic amines) is 1. The molecule has 0 bridgehead atoms. The van der Waals surface area contributed by atoms with Crippen LogP contribution in [0.1, 0.15) is 5.56 Å². The number of amides is 1. The minimum absolute atomic E-state index is 0.0607. The van der Waals surface area contributed by atoms with Gasteiger partial charge in [0.1, 0.15) is 5.75 Å². The van der Waals surface area contributed by atoms with Crippen LogP contribution in [-0.4, -0.2) is 30.5 Å². The van der Waals surface area contributed by atoms with E-state index >= 15 is 0 Å². The lowest BCUT2D eigenvalue weighted by Gasteiger charge is -2.34.